The van der Waals surface area contributed by atoms with E-state index in [2.05, 4.69) is 61.4 Å². The molecule has 21 heavy (non-hydrogen) atoms. The highest BCUT2D eigenvalue weighted by Gasteiger charge is 2.11. The van der Waals surface area contributed by atoms with Gasteiger partial charge in [0, 0.05) is 21.8 Å². The first-order valence-corrected chi connectivity index (χ1v) is 7.92. The van der Waals surface area contributed by atoms with Crippen molar-refractivity contribution >= 4 is 21.8 Å². The molecule has 2 nitrogen and oxygen atoms in total. The van der Waals surface area contributed by atoms with Crippen molar-refractivity contribution in [3.05, 3.63) is 47.0 Å². The van der Waals surface area contributed by atoms with E-state index in [-0.39, 0.29) is 0 Å². The Morgan fingerprint density at radius 2 is 1.76 bits per heavy atom. The van der Waals surface area contributed by atoms with Gasteiger partial charge in [-0.05, 0) is 62.5 Å². The van der Waals surface area contributed by atoms with Crippen LogP contribution in [0.5, 0.6) is 0 Å². The quantitative estimate of drug-likeness (QED) is 0.663. The van der Waals surface area contributed by atoms with Crippen LogP contribution in [0.3, 0.4) is 0 Å². The fourth-order valence-electron chi connectivity index (χ4n) is 3.16. The highest BCUT2D eigenvalue weighted by atomic mass is 14.8. The summed E-state index contributed by atoms with van der Waals surface area (Å²) in [6.45, 7) is 8.74. The average molecular weight is 280 g/mol. The fraction of sp³-hybridized carbons (Fsp3) is 0.368. The molecule has 0 aliphatic rings. The first-order valence-electron chi connectivity index (χ1n) is 7.92. The van der Waals surface area contributed by atoms with Crippen molar-refractivity contribution in [2.24, 2.45) is 0 Å². The van der Waals surface area contributed by atoms with Crippen LogP contribution in [0, 0.1) is 13.8 Å². The van der Waals surface area contributed by atoms with Gasteiger partial charge in [-0.3, -0.25) is 0 Å². The Bertz CT molecular complexity index is 768. The molecule has 2 aromatic carbocycles. The largest absolute Gasteiger partial charge is 0.354 e. The molecule has 0 aliphatic carbocycles. The summed E-state index contributed by atoms with van der Waals surface area (Å²) in [6.07, 6.45) is 2.27. The van der Waals surface area contributed by atoms with Gasteiger partial charge in [0.15, 0.2) is 0 Å². The molecule has 2 heteroatoms. The minimum absolute atomic E-state index is 1.05. The summed E-state index contributed by atoms with van der Waals surface area (Å²) < 4.78 is 0. The maximum atomic E-state index is 3.61. The normalized spacial score (nSPS) is 11.6. The predicted molar refractivity (Wildman–Crippen MR) is 92.1 cm³/mol. The lowest BCUT2D eigenvalue weighted by Gasteiger charge is -2.07. The summed E-state index contributed by atoms with van der Waals surface area (Å²) >= 11 is 0. The lowest BCUT2D eigenvalue weighted by atomic mass is 9.99. The van der Waals surface area contributed by atoms with Crippen molar-refractivity contribution in [2.75, 3.05) is 13.1 Å². The van der Waals surface area contributed by atoms with E-state index in [1.54, 1.807) is 0 Å². The second kappa shape index (κ2) is 5.90. The zero-order chi connectivity index (χ0) is 14.8. The first-order chi connectivity index (χ1) is 10.2. The molecule has 1 heterocycles. The summed E-state index contributed by atoms with van der Waals surface area (Å²) in [4.78, 5) is 3.61. The molecule has 0 radical (unpaired) electrons. The number of nitrogens with one attached hydrogen (secondary N) is 2. The molecular formula is C19H24N2. The van der Waals surface area contributed by atoms with Crippen LogP contribution in [-0.4, -0.2) is 18.1 Å². The van der Waals surface area contributed by atoms with Crippen LogP contribution in [0.4, 0.5) is 0 Å². The fourth-order valence-corrected chi connectivity index (χ4v) is 3.16. The van der Waals surface area contributed by atoms with Crippen molar-refractivity contribution in [3.63, 3.8) is 0 Å². The number of aromatic nitrogens is 1. The second-order valence-corrected chi connectivity index (χ2v) is 5.91. The molecule has 0 atom stereocenters. The number of aromatic amines is 1. The Morgan fingerprint density at radius 1 is 0.952 bits per heavy atom. The monoisotopic (exact) mass is 280 g/mol. The third-order valence-electron chi connectivity index (χ3n) is 4.28. The highest BCUT2D eigenvalue weighted by molar-refractivity contribution is 6.11. The van der Waals surface area contributed by atoms with Crippen molar-refractivity contribution < 1.29 is 0 Å². The highest BCUT2D eigenvalue weighted by Crippen LogP contribution is 2.32. The topological polar surface area (TPSA) is 27.8 Å². The third kappa shape index (κ3) is 2.56. The van der Waals surface area contributed by atoms with Gasteiger partial charge >= 0.3 is 0 Å². The van der Waals surface area contributed by atoms with Gasteiger partial charge in [-0.2, -0.15) is 0 Å². The molecule has 3 aromatic rings. The predicted octanol–water partition coefficient (Wildman–Crippen LogP) is 4.48. The van der Waals surface area contributed by atoms with Crippen LogP contribution in [0.2, 0.25) is 0 Å². The summed E-state index contributed by atoms with van der Waals surface area (Å²) in [6, 6.07) is 11.1. The molecule has 0 amide bonds. The van der Waals surface area contributed by atoms with Crippen molar-refractivity contribution in [2.45, 2.75) is 33.6 Å². The lowest BCUT2D eigenvalue weighted by molar-refractivity contribution is 0.673. The summed E-state index contributed by atoms with van der Waals surface area (Å²) in [7, 11) is 0. The Kier molecular flexibility index (Phi) is 3.98. The summed E-state index contributed by atoms with van der Waals surface area (Å²) in [5, 5.41) is 6.31. The Labute approximate surface area is 126 Å². The number of fused-ring (bicyclic) bond motifs is 3. The molecule has 0 bridgehead atoms. The molecular weight excluding hydrogens is 256 g/mol. The Balaban J connectivity index is 2.10. The van der Waals surface area contributed by atoms with Crippen LogP contribution in [0.25, 0.3) is 21.8 Å². The zero-order valence-corrected chi connectivity index (χ0v) is 13.2. The van der Waals surface area contributed by atoms with Crippen molar-refractivity contribution in [1.29, 1.82) is 0 Å². The van der Waals surface area contributed by atoms with Crippen LogP contribution >= 0.6 is 0 Å². The van der Waals surface area contributed by atoms with E-state index in [0.29, 0.717) is 0 Å². The first kappa shape index (κ1) is 14.2. The average Bonchev–Trinajstić information content (AvgIpc) is 2.89. The van der Waals surface area contributed by atoms with E-state index in [9.17, 15) is 0 Å². The van der Waals surface area contributed by atoms with Crippen molar-refractivity contribution in [1.82, 2.24) is 10.3 Å². The van der Waals surface area contributed by atoms with E-state index in [1.165, 1.54) is 44.9 Å². The van der Waals surface area contributed by atoms with Gasteiger partial charge in [-0.25, -0.2) is 0 Å². The van der Waals surface area contributed by atoms with Gasteiger partial charge in [0.05, 0.1) is 0 Å². The third-order valence-corrected chi connectivity index (χ3v) is 4.28. The van der Waals surface area contributed by atoms with E-state index < -0.39 is 0 Å². The molecule has 0 saturated carbocycles. The number of hydrogen-bond donors (Lipinski definition) is 2. The molecule has 1 aromatic heterocycles. The standard InChI is InChI=1S/C19H24N2/c1-4-11-20-12-10-15-6-5-7-16-18(15)17-13(2)8-9-14(3)19(17)21-16/h5-9,20-21H,4,10-12H2,1-3H3. The minimum atomic E-state index is 1.05. The second-order valence-electron chi connectivity index (χ2n) is 5.91. The van der Waals surface area contributed by atoms with E-state index in [4.69, 9.17) is 0 Å². The molecule has 0 spiro atoms. The molecule has 0 saturated heterocycles. The van der Waals surface area contributed by atoms with E-state index >= 15 is 0 Å². The molecule has 2 N–H and O–H groups in total. The molecule has 0 fully saturated rings. The Hall–Kier alpha value is -1.80. The van der Waals surface area contributed by atoms with Gasteiger partial charge in [-0.15, -0.1) is 0 Å². The molecule has 110 valence electrons. The van der Waals surface area contributed by atoms with Crippen LogP contribution in [0.15, 0.2) is 30.3 Å². The molecule has 0 unspecified atom stereocenters. The molecule has 3 rings (SSSR count). The number of benzene rings is 2. The van der Waals surface area contributed by atoms with E-state index in [1.807, 2.05) is 0 Å². The van der Waals surface area contributed by atoms with Crippen LogP contribution < -0.4 is 5.32 Å². The van der Waals surface area contributed by atoms with Gasteiger partial charge < -0.3 is 10.3 Å². The van der Waals surface area contributed by atoms with Gasteiger partial charge in [0.2, 0.25) is 0 Å². The summed E-state index contributed by atoms with van der Waals surface area (Å²) in [5.74, 6) is 0. The zero-order valence-electron chi connectivity index (χ0n) is 13.2. The van der Waals surface area contributed by atoms with E-state index in [0.717, 1.165) is 19.5 Å². The van der Waals surface area contributed by atoms with Gasteiger partial charge in [-0.1, -0.05) is 31.2 Å². The molecule has 0 aliphatic heterocycles. The SMILES string of the molecule is CCCNCCc1cccc2[nH]c3c(C)ccc(C)c3c12. The number of hydrogen-bond acceptors (Lipinski definition) is 1. The smallest absolute Gasteiger partial charge is 0.0497 e. The van der Waals surface area contributed by atoms with Gasteiger partial charge in [0.1, 0.15) is 0 Å². The number of rotatable bonds is 5. The van der Waals surface area contributed by atoms with Crippen LogP contribution in [0.1, 0.15) is 30.0 Å². The van der Waals surface area contributed by atoms with Crippen molar-refractivity contribution in [3.8, 4) is 0 Å². The Morgan fingerprint density at radius 3 is 2.57 bits per heavy atom. The van der Waals surface area contributed by atoms with Gasteiger partial charge in [0.25, 0.3) is 0 Å². The maximum absolute atomic E-state index is 3.61. The minimum Gasteiger partial charge on any atom is -0.354 e. The number of H-pyrrole nitrogens is 1. The number of aryl methyl sites for hydroxylation is 2. The van der Waals surface area contributed by atoms with Crippen LogP contribution in [-0.2, 0) is 6.42 Å². The maximum Gasteiger partial charge on any atom is 0.0497 e. The summed E-state index contributed by atoms with van der Waals surface area (Å²) in [5.41, 5.74) is 6.67. The lowest BCUT2D eigenvalue weighted by Crippen LogP contribution is -2.17.